The molecule has 0 spiro atoms. The Morgan fingerprint density at radius 2 is 1.81 bits per heavy atom. The topological polar surface area (TPSA) is 46.3 Å². The van der Waals surface area contributed by atoms with Gasteiger partial charge in [0.15, 0.2) is 0 Å². The maximum Gasteiger partial charge on any atom is 0.254 e. The lowest BCUT2D eigenvalue weighted by molar-refractivity contribution is 0.0634. The van der Waals surface area contributed by atoms with E-state index in [-0.39, 0.29) is 18.0 Å². The van der Waals surface area contributed by atoms with Gasteiger partial charge >= 0.3 is 0 Å². The molecule has 0 aromatic heterocycles. The van der Waals surface area contributed by atoms with Crippen molar-refractivity contribution >= 4 is 5.91 Å². The van der Waals surface area contributed by atoms with E-state index in [2.05, 4.69) is 0 Å². The summed E-state index contributed by atoms with van der Waals surface area (Å²) in [4.78, 5) is 14.1. The van der Waals surface area contributed by atoms with Gasteiger partial charge in [-0.2, -0.15) is 0 Å². The van der Waals surface area contributed by atoms with Crippen molar-refractivity contribution in [1.29, 1.82) is 0 Å². The molecular weight excluding hydrogens is 200 g/mol. The molecule has 1 atom stereocenters. The SMILES string of the molecule is CC(C)N(C(=O)c1ccccc1)C(C)CN. The zero-order chi connectivity index (χ0) is 12.1. The molecule has 2 N–H and O–H groups in total. The number of amides is 1. The average molecular weight is 220 g/mol. The minimum Gasteiger partial charge on any atom is -0.332 e. The first kappa shape index (κ1) is 12.7. The second kappa shape index (κ2) is 5.66. The smallest absolute Gasteiger partial charge is 0.254 e. The lowest BCUT2D eigenvalue weighted by atomic mass is 10.1. The van der Waals surface area contributed by atoms with Crippen molar-refractivity contribution in [2.45, 2.75) is 32.9 Å². The molecule has 1 rings (SSSR count). The zero-order valence-electron chi connectivity index (χ0n) is 10.2. The molecule has 0 aliphatic heterocycles. The summed E-state index contributed by atoms with van der Waals surface area (Å²) < 4.78 is 0. The van der Waals surface area contributed by atoms with E-state index in [1.54, 1.807) is 0 Å². The number of hydrogen-bond acceptors (Lipinski definition) is 2. The minimum atomic E-state index is 0.0496. The van der Waals surface area contributed by atoms with Crippen LogP contribution in [0.4, 0.5) is 0 Å². The highest BCUT2D eigenvalue weighted by Gasteiger charge is 2.22. The first-order valence-corrected chi connectivity index (χ1v) is 5.65. The van der Waals surface area contributed by atoms with Crippen LogP contribution >= 0.6 is 0 Å². The van der Waals surface area contributed by atoms with Crippen LogP contribution in [0.1, 0.15) is 31.1 Å². The zero-order valence-corrected chi connectivity index (χ0v) is 10.2. The fourth-order valence-corrected chi connectivity index (χ4v) is 1.79. The van der Waals surface area contributed by atoms with E-state index in [0.29, 0.717) is 6.54 Å². The lowest BCUT2D eigenvalue weighted by Crippen LogP contribution is -2.46. The molecule has 0 saturated carbocycles. The van der Waals surface area contributed by atoms with Crippen LogP contribution in [0.15, 0.2) is 30.3 Å². The second-order valence-corrected chi connectivity index (χ2v) is 4.26. The van der Waals surface area contributed by atoms with Gasteiger partial charge in [0.2, 0.25) is 0 Å². The van der Waals surface area contributed by atoms with Gasteiger partial charge in [0, 0.05) is 24.2 Å². The normalized spacial score (nSPS) is 12.6. The monoisotopic (exact) mass is 220 g/mol. The first-order valence-electron chi connectivity index (χ1n) is 5.65. The Morgan fingerprint density at radius 1 is 1.25 bits per heavy atom. The quantitative estimate of drug-likeness (QED) is 0.842. The van der Waals surface area contributed by atoms with Crippen LogP contribution in [-0.4, -0.2) is 29.4 Å². The van der Waals surface area contributed by atoms with Crippen molar-refractivity contribution in [1.82, 2.24) is 4.90 Å². The van der Waals surface area contributed by atoms with Crippen molar-refractivity contribution in [2.24, 2.45) is 5.73 Å². The summed E-state index contributed by atoms with van der Waals surface area (Å²) in [5, 5.41) is 0. The van der Waals surface area contributed by atoms with E-state index >= 15 is 0 Å². The Bertz CT molecular complexity index is 335. The van der Waals surface area contributed by atoms with Crippen LogP contribution in [0.2, 0.25) is 0 Å². The van der Waals surface area contributed by atoms with Crippen LogP contribution in [0, 0.1) is 0 Å². The molecule has 0 heterocycles. The molecule has 1 aromatic rings. The van der Waals surface area contributed by atoms with Gasteiger partial charge in [-0.25, -0.2) is 0 Å². The fourth-order valence-electron chi connectivity index (χ4n) is 1.79. The number of hydrogen-bond donors (Lipinski definition) is 1. The molecule has 1 amide bonds. The highest BCUT2D eigenvalue weighted by molar-refractivity contribution is 5.94. The van der Waals surface area contributed by atoms with Crippen LogP contribution in [0.3, 0.4) is 0 Å². The summed E-state index contributed by atoms with van der Waals surface area (Å²) in [5.41, 5.74) is 6.35. The van der Waals surface area contributed by atoms with Crippen molar-refractivity contribution in [3.8, 4) is 0 Å². The van der Waals surface area contributed by atoms with E-state index in [9.17, 15) is 4.79 Å². The molecule has 1 unspecified atom stereocenters. The lowest BCUT2D eigenvalue weighted by Gasteiger charge is -2.32. The largest absolute Gasteiger partial charge is 0.332 e. The number of carbonyl (C=O) groups is 1. The van der Waals surface area contributed by atoms with Gasteiger partial charge < -0.3 is 10.6 Å². The summed E-state index contributed by atoms with van der Waals surface area (Å²) in [6.45, 7) is 6.47. The molecule has 3 nitrogen and oxygen atoms in total. The Hall–Kier alpha value is -1.35. The Kier molecular flexibility index (Phi) is 4.50. The van der Waals surface area contributed by atoms with Crippen molar-refractivity contribution in [2.75, 3.05) is 6.54 Å². The number of benzene rings is 1. The van der Waals surface area contributed by atoms with E-state index in [1.165, 1.54) is 0 Å². The fraction of sp³-hybridized carbons (Fsp3) is 0.462. The second-order valence-electron chi connectivity index (χ2n) is 4.26. The Labute approximate surface area is 97.2 Å². The average Bonchev–Trinajstić information content (AvgIpc) is 2.29. The Balaban J connectivity index is 2.92. The minimum absolute atomic E-state index is 0.0496. The molecule has 0 aliphatic rings. The predicted octanol–water partition coefficient (Wildman–Crippen LogP) is 1.88. The summed E-state index contributed by atoms with van der Waals surface area (Å²) in [6, 6.07) is 9.54. The standard InChI is InChI=1S/C13H20N2O/c1-10(2)15(11(3)9-14)13(16)12-7-5-4-6-8-12/h4-8,10-11H,9,14H2,1-3H3. The number of nitrogens with two attached hydrogens (primary N) is 1. The summed E-state index contributed by atoms with van der Waals surface area (Å²) in [6.07, 6.45) is 0. The number of nitrogens with zero attached hydrogens (tertiary/aromatic N) is 1. The molecule has 1 aromatic carbocycles. The van der Waals surface area contributed by atoms with Crippen molar-refractivity contribution < 1.29 is 4.79 Å². The van der Waals surface area contributed by atoms with Gasteiger partial charge in [-0.15, -0.1) is 0 Å². The molecule has 0 bridgehead atoms. The van der Waals surface area contributed by atoms with Crippen molar-refractivity contribution in [3.05, 3.63) is 35.9 Å². The highest BCUT2D eigenvalue weighted by atomic mass is 16.2. The molecule has 16 heavy (non-hydrogen) atoms. The van der Waals surface area contributed by atoms with Crippen LogP contribution in [-0.2, 0) is 0 Å². The van der Waals surface area contributed by atoms with E-state index < -0.39 is 0 Å². The molecule has 88 valence electrons. The third-order valence-electron chi connectivity index (χ3n) is 2.63. The molecule has 0 radical (unpaired) electrons. The summed E-state index contributed by atoms with van der Waals surface area (Å²) in [7, 11) is 0. The van der Waals surface area contributed by atoms with E-state index in [1.807, 2.05) is 56.0 Å². The van der Waals surface area contributed by atoms with Gasteiger partial charge in [0.25, 0.3) is 5.91 Å². The van der Waals surface area contributed by atoms with Gasteiger partial charge in [-0.1, -0.05) is 18.2 Å². The van der Waals surface area contributed by atoms with Crippen LogP contribution in [0.5, 0.6) is 0 Å². The predicted molar refractivity (Wildman–Crippen MR) is 66.3 cm³/mol. The highest BCUT2D eigenvalue weighted by Crippen LogP contribution is 2.11. The summed E-state index contributed by atoms with van der Waals surface area (Å²) >= 11 is 0. The molecule has 0 aliphatic carbocycles. The Morgan fingerprint density at radius 3 is 2.25 bits per heavy atom. The maximum absolute atomic E-state index is 12.3. The maximum atomic E-state index is 12.3. The van der Waals surface area contributed by atoms with E-state index in [4.69, 9.17) is 5.73 Å². The van der Waals surface area contributed by atoms with Crippen LogP contribution in [0.25, 0.3) is 0 Å². The molecule has 3 heteroatoms. The van der Waals surface area contributed by atoms with E-state index in [0.717, 1.165) is 5.56 Å². The number of carbonyl (C=O) groups excluding carboxylic acids is 1. The first-order chi connectivity index (χ1) is 7.57. The third-order valence-corrected chi connectivity index (χ3v) is 2.63. The van der Waals surface area contributed by atoms with Gasteiger partial charge in [0.05, 0.1) is 0 Å². The third kappa shape index (κ3) is 2.83. The molecule has 0 fully saturated rings. The van der Waals surface area contributed by atoms with Gasteiger partial charge in [-0.05, 0) is 32.9 Å². The van der Waals surface area contributed by atoms with Gasteiger partial charge in [-0.3, -0.25) is 4.79 Å². The van der Waals surface area contributed by atoms with Gasteiger partial charge in [0.1, 0.15) is 0 Å². The number of rotatable bonds is 4. The van der Waals surface area contributed by atoms with Crippen LogP contribution < -0.4 is 5.73 Å². The molecular formula is C13H20N2O. The van der Waals surface area contributed by atoms with Crippen molar-refractivity contribution in [3.63, 3.8) is 0 Å². The summed E-state index contributed by atoms with van der Waals surface area (Å²) in [5.74, 6) is 0.0496. The molecule has 0 saturated heterocycles.